The number of anilines is 2. The molecule has 9 N–H and O–H groups in total. The number of nitrogens with two attached hydrogens (primary N) is 2. The van der Waals surface area contributed by atoms with E-state index in [1.807, 2.05) is 71.9 Å². The molecule has 2 saturated carbocycles. The normalized spacial score (nSPS) is 16.1. The quantitative estimate of drug-likeness (QED) is 0.0276. The van der Waals surface area contributed by atoms with Gasteiger partial charge in [0.25, 0.3) is 0 Å². The van der Waals surface area contributed by atoms with Crippen LogP contribution in [0, 0.1) is 63.1 Å². The van der Waals surface area contributed by atoms with E-state index in [4.69, 9.17) is 77.9 Å². The summed E-state index contributed by atoms with van der Waals surface area (Å²) in [5.74, 6) is -1.39. The number of nitrogen functional groups attached to an aromatic ring is 1. The largest absolute Gasteiger partial charge is 0.487 e. The van der Waals surface area contributed by atoms with Crippen molar-refractivity contribution in [3.8, 4) is 0 Å². The highest BCUT2D eigenvalue weighted by atomic mass is 79.9. The summed E-state index contributed by atoms with van der Waals surface area (Å²) in [6, 6.07) is 37.9. The van der Waals surface area contributed by atoms with Crippen LogP contribution >= 0.6 is 99.9 Å². The summed E-state index contributed by atoms with van der Waals surface area (Å²) in [7, 11) is 3.42. The Morgan fingerprint density at radius 2 is 0.859 bits per heavy atom. The van der Waals surface area contributed by atoms with Crippen LogP contribution in [0.1, 0.15) is 154 Å². The van der Waals surface area contributed by atoms with Crippen molar-refractivity contribution in [2.75, 3.05) is 39.2 Å². The van der Waals surface area contributed by atoms with Gasteiger partial charge in [0.05, 0.1) is 74.6 Å². The lowest BCUT2D eigenvalue weighted by Crippen LogP contribution is -2.41. The molecule has 0 spiro atoms. The molecule has 40 heteroatoms. The van der Waals surface area contributed by atoms with Gasteiger partial charge in [0.1, 0.15) is 29.0 Å². The second-order valence-corrected chi connectivity index (χ2v) is 42.8. The molecule has 4 aromatic heterocycles. The fourth-order valence-corrected chi connectivity index (χ4v) is 20.6. The molecule has 1 aliphatic heterocycles. The van der Waals surface area contributed by atoms with Crippen molar-refractivity contribution in [1.29, 1.82) is 0 Å². The summed E-state index contributed by atoms with van der Waals surface area (Å²) in [6.45, 7) is 15.0. The molecule has 0 amide bonds. The number of hydrogen-bond donors (Lipinski definition) is 3. The molecule has 11 aromatic rings. The third-order valence-electron chi connectivity index (χ3n) is 21.6. The molecule has 7 aromatic carbocycles. The first kappa shape index (κ1) is 117. The van der Waals surface area contributed by atoms with Crippen LogP contribution in [0.2, 0.25) is 20.1 Å². The molecule has 2 aliphatic carbocycles. The van der Waals surface area contributed by atoms with Crippen molar-refractivity contribution < 1.29 is 71.9 Å². The van der Waals surface area contributed by atoms with E-state index in [0.29, 0.717) is 67.1 Å². The van der Waals surface area contributed by atoms with Crippen LogP contribution in [0.5, 0.6) is 0 Å². The first-order chi connectivity index (χ1) is 62.1. The lowest BCUT2D eigenvalue weighted by atomic mass is 9.89. The lowest BCUT2D eigenvalue weighted by molar-refractivity contribution is 0.00578. The molecule has 0 atom stereocenters. The third kappa shape index (κ3) is 36.2. The lowest BCUT2D eigenvalue weighted by Gasteiger charge is -2.32. The smallest absolute Gasteiger partial charge is 0.412 e. The fraction of sp³-hybridized carbons (Fsp3) is 0.316. The summed E-state index contributed by atoms with van der Waals surface area (Å²) < 4.78 is 169. The minimum atomic E-state index is -3.80. The Morgan fingerprint density at radius 1 is 0.489 bits per heavy atom. The average molecular weight is 2170 g/mol. The van der Waals surface area contributed by atoms with Crippen LogP contribution in [-0.4, -0.2) is 152 Å². The highest BCUT2D eigenvalue weighted by molar-refractivity contribution is 9.10. The van der Waals surface area contributed by atoms with E-state index in [9.17, 15) is 51.6 Å². The molecule has 3 fully saturated rings. The zero-order valence-electron chi connectivity index (χ0n) is 75.4. The average Bonchev–Trinajstić information content (AvgIpc) is 1.68. The number of hydrogen-bond acceptors (Lipinski definition) is 21. The highest BCUT2D eigenvalue weighted by Gasteiger charge is 2.50. The van der Waals surface area contributed by atoms with Crippen LogP contribution in [0.25, 0.3) is 30.4 Å². The van der Waals surface area contributed by atoms with Gasteiger partial charge in [-0.15, -0.1) is 0 Å². The third-order valence-corrected chi connectivity index (χ3v) is 31.1. The Labute approximate surface area is 833 Å². The Balaban J connectivity index is 0.000000293. The minimum absolute atomic E-state index is 0. The SMILES string of the molecule is C.CC1(C)OB(/C=C/c2cnc(F)nc2)OC1(C)C.CN(C)C1CCC(N)CC1.Cc1cc(CS(=O)(=O)c2ccccc2Cl)c(F)cc1/C=C/c1cnc(F)nc1.Cc1cc(CS(=O)(=O)c2ccccc2Cl)c(F)cc1/C=C/c1cnc(NC2CCC(N(C)C)CC2)nc1.Cc1cc(N)c(F)cc1Br.Cc1nc(CS(=O)(=O)c2ccccc2Cl)c(F)cc1Br.ClSc1ccccc1Cl.O.O. The van der Waals surface area contributed by atoms with Gasteiger partial charge in [-0.1, -0.05) is 167 Å². The van der Waals surface area contributed by atoms with Crippen molar-refractivity contribution in [2.24, 2.45) is 5.73 Å². The Hall–Kier alpha value is -8.28. The summed E-state index contributed by atoms with van der Waals surface area (Å²) in [5, 5.41) is 4.47. The van der Waals surface area contributed by atoms with Crippen LogP contribution < -0.4 is 16.8 Å². The van der Waals surface area contributed by atoms with Gasteiger partial charge < -0.3 is 46.8 Å². The number of pyridine rings is 1. The molecule has 1 saturated heterocycles. The molecule has 135 heavy (non-hydrogen) atoms. The molecule has 22 nitrogen and oxygen atoms in total. The van der Waals surface area contributed by atoms with E-state index in [0.717, 1.165) is 68.8 Å². The number of benzene rings is 7. The Kier molecular flexibility index (Phi) is 47.2. The van der Waals surface area contributed by atoms with E-state index in [1.165, 1.54) is 117 Å². The number of nitrogens with zero attached hydrogens (tertiary/aromatic N) is 9. The second kappa shape index (κ2) is 54.3. The number of aryl methyl sites for hydroxylation is 4. The van der Waals surface area contributed by atoms with Crippen LogP contribution in [-0.2, 0) is 56.1 Å². The summed E-state index contributed by atoms with van der Waals surface area (Å²) in [4.78, 5) is 32.1. The summed E-state index contributed by atoms with van der Waals surface area (Å²) >= 11 is 29.9. The summed E-state index contributed by atoms with van der Waals surface area (Å²) in [6.07, 6.45) is 25.4. The second-order valence-electron chi connectivity index (χ2n) is 32.5. The van der Waals surface area contributed by atoms with Gasteiger partial charge in [0.2, 0.25) is 5.95 Å². The number of halogens is 13. The maximum absolute atomic E-state index is 14.9. The van der Waals surface area contributed by atoms with Crippen molar-refractivity contribution in [2.45, 2.75) is 186 Å². The van der Waals surface area contributed by atoms with Gasteiger partial charge in [-0.2, -0.15) is 8.78 Å². The molecular weight excluding hydrogens is 2060 g/mol. The number of rotatable bonds is 20. The molecule has 0 radical (unpaired) electrons. The van der Waals surface area contributed by atoms with Crippen LogP contribution in [0.3, 0.4) is 0 Å². The Morgan fingerprint density at radius 3 is 1.24 bits per heavy atom. The molecule has 5 heterocycles. The van der Waals surface area contributed by atoms with Crippen molar-refractivity contribution in [3.63, 3.8) is 0 Å². The van der Waals surface area contributed by atoms with Gasteiger partial charge in [-0.25, -0.2) is 72.7 Å². The molecule has 0 unspecified atom stereocenters. The predicted octanol–water partition coefficient (Wildman–Crippen LogP) is 22.9. The first-order valence-electron chi connectivity index (χ1n) is 41.2. The zero-order valence-corrected chi connectivity index (χ0v) is 85.6. The van der Waals surface area contributed by atoms with Crippen molar-refractivity contribution >= 4 is 179 Å². The molecule has 3 aliphatic rings. The molecule has 14 rings (SSSR count). The van der Waals surface area contributed by atoms with Gasteiger partial charge in [-0.05, 0) is 279 Å². The van der Waals surface area contributed by atoms with Gasteiger partial charge >= 0.3 is 19.3 Å². The zero-order chi connectivity index (χ0) is 97.2. The molecule has 728 valence electrons. The van der Waals surface area contributed by atoms with E-state index < -0.39 is 83.5 Å². The van der Waals surface area contributed by atoms with E-state index >= 15 is 0 Å². The highest BCUT2D eigenvalue weighted by Crippen LogP contribution is 2.38. The van der Waals surface area contributed by atoms with Crippen molar-refractivity contribution in [3.05, 3.63) is 314 Å². The van der Waals surface area contributed by atoms with Crippen LogP contribution in [0.15, 0.2) is 211 Å². The molecule has 0 bridgehead atoms. The molecular formula is C95H110BBr2Cl5F6N12O10S4. The number of nitrogens with one attached hydrogen (secondary N) is 1. The monoisotopic (exact) mass is 2160 g/mol. The van der Waals surface area contributed by atoms with Gasteiger partial charge in [0.15, 0.2) is 29.5 Å². The topological polar surface area (TPSA) is 345 Å². The van der Waals surface area contributed by atoms with Crippen molar-refractivity contribution in [1.82, 2.24) is 44.7 Å². The number of sulfone groups is 3. The van der Waals surface area contributed by atoms with E-state index in [2.05, 4.69) is 110 Å². The maximum Gasteiger partial charge on any atom is 0.487 e. The number of aromatic nitrogens is 7. The summed E-state index contributed by atoms with van der Waals surface area (Å²) in [5.41, 5.74) is 16.7. The minimum Gasteiger partial charge on any atom is -0.412 e. The maximum atomic E-state index is 14.9. The van der Waals surface area contributed by atoms with E-state index in [1.54, 1.807) is 105 Å². The van der Waals surface area contributed by atoms with E-state index in [-0.39, 0.29) is 87.7 Å². The van der Waals surface area contributed by atoms with Crippen LogP contribution in [0.4, 0.5) is 38.0 Å². The first-order valence-corrected chi connectivity index (χ1v) is 50.9. The fourth-order valence-electron chi connectivity index (χ4n) is 13.3. The Bertz CT molecular complexity index is 6130. The predicted molar refractivity (Wildman–Crippen MR) is 543 cm³/mol. The van der Waals surface area contributed by atoms with Gasteiger partial charge in [-0.3, -0.25) is 4.98 Å². The van der Waals surface area contributed by atoms with Gasteiger partial charge in [0, 0.05) is 103 Å². The standard InChI is InChI=1S/C28H32ClFN4O2S.C20H15ClF2N2O2S.C13H10BrClFNO2S.C12H16BFN2O2.C8H18N2.C7H7BrFN.C6H4Cl2S.CH4.2H2O/c1-19-14-22(18-37(35,36)27-7-5-4-6-25(27)29)26(30)15-21(19)9-8-20-16-31-28(32-17-20)33-23-10-12-24(13-11-23)34(2)3;1-13-8-16(12-28(26,27)19-5-3-2-4-17(19)21)18(22)9-15(13)7-6-14-10-24-20(23)25-11-14;1-8-9(14)6-11(16)12(17-8)7-20(18,19)13-5-3-2-4-10(13)15;1-11(2)12(3,4)18-13(17-11)6-5-9-7-15-10(14)16-8-9;1-10(2)8-5-3-7(9)4-6-8;1-4-2-7(10)6(9)3-5(4)8;7-5-3-1-2-4-6(5)9-8;;;/h4-9,14-17,23-24H,10-13,18H2,1-3H3,(H,31,32,33);2-11H,12H2,1H3;2-6H,7H2,1H3;5-8H,1-4H3;7-8H,3-6,9H2,1-2H3;2-3H,10H2,1H3;1-4H;1H4;2*1H2/b9-8+;7-6+;;6-5+;;;;;;.